The van der Waals surface area contributed by atoms with Crippen LogP contribution < -0.4 is 14.8 Å². The monoisotopic (exact) mass is 385 g/mol. The maximum absolute atomic E-state index is 12.8. The highest BCUT2D eigenvalue weighted by Gasteiger charge is 2.26. The predicted octanol–water partition coefficient (Wildman–Crippen LogP) is 2.65. The van der Waals surface area contributed by atoms with Gasteiger partial charge < -0.3 is 10.5 Å². The number of nitrogen functional groups attached to an aromatic ring is 1. The topological polar surface area (TPSA) is 85.5 Å². The van der Waals surface area contributed by atoms with Crippen LogP contribution in [0.4, 0.5) is 11.5 Å². The van der Waals surface area contributed by atoms with Crippen molar-refractivity contribution in [1.82, 2.24) is 4.98 Å². The highest BCUT2D eigenvalue weighted by Crippen LogP contribution is 2.32. The van der Waals surface area contributed by atoms with Crippen molar-refractivity contribution in [2.75, 3.05) is 23.7 Å². The number of ether oxygens (including phenoxy) is 1. The average molecular weight is 386 g/mol. The maximum Gasteiger partial charge on any atom is 0.267 e. The molecular formula is C14H16BrN3O3S. The van der Waals surface area contributed by atoms with Gasteiger partial charge in [0.1, 0.15) is 16.5 Å². The third kappa shape index (κ3) is 3.17. The van der Waals surface area contributed by atoms with Crippen LogP contribution in [-0.4, -0.2) is 27.1 Å². The summed E-state index contributed by atoms with van der Waals surface area (Å²) in [6.45, 7) is 2.27. The van der Waals surface area contributed by atoms with E-state index in [1.165, 1.54) is 19.3 Å². The van der Waals surface area contributed by atoms with Gasteiger partial charge in [-0.25, -0.2) is 13.4 Å². The maximum atomic E-state index is 12.8. The highest BCUT2D eigenvalue weighted by atomic mass is 79.9. The minimum atomic E-state index is -3.85. The van der Waals surface area contributed by atoms with Crippen molar-refractivity contribution in [3.8, 4) is 5.75 Å². The Hall–Kier alpha value is -1.80. The van der Waals surface area contributed by atoms with Gasteiger partial charge in [-0.1, -0.05) is 12.1 Å². The molecule has 0 aliphatic carbocycles. The van der Waals surface area contributed by atoms with Gasteiger partial charge in [0.2, 0.25) is 0 Å². The summed E-state index contributed by atoms with van der Waals surface area (Å²) in [6.07, 6.45) is 1.45. The number of aromatic nitrogens is 1. The van der Waals surface area contributed by atoms with Crippen LogP contribution in [-0.2, 0) is 10.0 Å². The van der Waals surface area contributed by atoms with Crippen molar-refractivity contribution in [2.24, 2.45) is 0 Å². The van der Waals surface area contributed by atoms with Gasteiger partial charge in [-0.05, 0) is 41.1 Å². The Morgan fingerprint density at radius 1 is 1.36 bits per heavy atom. The molecule has 1 aromatic carbocycles. The third-order valence-corrected chi connectivity index (χ3v) is 5.23. The fourth-order valence-corrected chi connectivity index (χ4v) is 3.69. The highest BCUT2D eigenvalue weighted by molar-refractivity contribution is 9.10. The van der Waals surface area contributed by atoms with E-state index in [1.807, 2.05) is 6.92 Å². The smallest absolute Gasteiger partial charge is 0.267 e. The molecule has 1 aromatic heterocycles. The quantitative estimate of drug-likeness (QED) is 0.854. The van der Waals surface area contributed by atoms with Crippen LogP contribution in [0.15, 0.2) is 45.9 Å². The summed E-state index contributed by atoms with van der Waals surface area (Å²) < 4.78 is 32.7. The Morgan fingerprint density at radius 3 is 2.73 bits per heavy atom. The van der Waals surface area contributed by atoms with Crippen molar-refractivity contribution < 1.29 is 13.2 Å². The number of nitrogens with two attached hydrogens (primary N) is 1. The van der Waals surface area contributed by atoms with Crippen molar-refractivity contribution >= 4 is 37.5 Å². The van der Waals surface area contributed by atoms with Crippen LogP contribution in [0, 0.1) is 0 Å². The Labute approximate surface area is 138 Å². The first-order chi connectivity index (χ1) is 10.4. The molecule has 2 aromatic rings. The van der Waals surface area contributed by atoms with Gasteiger partial charge in [0.15, 0.2) is 0 Å². The second-order valence-electron chi connectivity index (χ2n) is 4.41. The second-order valence-corrected chi connectivity index (χ2v) is 7.26. The molecule has 0 saturated carbocycles. The molecule has 0 spiro atoms. The Morgan fingerprint density at radius 2 is 2.05 bits per heavy atom. The second kappa shape index (κ2) is 6.53. The van der Waals surface area contributed by atoms with Crippen LogP contribution in [0.2, 0.25) is 0 Å². The van der Waals surface area contributed by atoms with Crippen LogP contribution >= 0.6 is 15.9 Å². The van der Waals surface area contributed by atoms with Gasteiger partial charge in [-0.15, -0.1) is 0 Å². The van der Waals surface area contributed by atoms with Gasteiger partial charge in [0.05, 0.1) is 12.3 Å². The molecule has 0 unspecified atom stereocenters. The summed E-state index contributed by atoms with van der Waals surface area (Å²) in [7, 11) is -2.40. The van der Waals surface area contributed by atoms with E-state index in [9.17, 15) is 8.42 Å². The molecule has 0 atom stereocenters. The molecule has 6 nitrogen and oxygen atoms in total. The standard InChI is InChI=1S/C14H16BrN3O3S/c1-3-21-12-7-5-4-6-11(12)18(2)22(19,20)13-8-10(15)9-17-14(13)16/h4-9H,3H2,1-2H3,(H2,16,17). The number of hydrogen-bond acceptors (Lipinski definition) is 5. The number of benzene rings is 1. The van der Waals surface area contributed by atoms with E-state index in [-0.39, 0.29) is 10.7 Å². The number of hydrogen-bond donors (Lipinski definition) is 1. The predicted molar refractivity (Wildman–Crippen MR) is 89.5 cm³/mol. The number of nitrogens with zero attached hydrogens (tertiary/aromatic N) is 2. The number of para-hydroxylation sites is 2. The van der Waals surface area contributed by atoms with Crippen LogP contribution in [0.25, 0.3) is 0 Å². The molecule has 0 amide bonds. The van der Waals surface area contributed by atoms with Crippen LogP contribution in [0.5, 0.6) is 5.75 Å². The number of rotatable bonds is 5. The molecule has 0 fully saturated rings. The van der Waals surface area contributed by atoms with Gasteiger partial charge in [0.25, 0.3) is 10.0 Å². The fourth-order valence-electron chi connectivity index (χ4n) is 1.91. The van der Waals surface area contributed by atoms with Crippen LogP contribution in [0.3, 0.4) is 0 Å². The summed E-state index contributed by atoms with van der Waals surface area (Å²) in [5.41, 5.74) is 6.15. The van der Waals surface area contributed by atoms with E-state index in [4.69, 9.17) is 10.5 Å². The van der Waals surface area contributed by atoms with Gasteiger partial charge in [-0.3, -0.25) is 4.31 Å². The van der Waals surface area contributed by atoms with Crippen molar-refractivity contribution in [1.29, 1.82) is 0 Å². The molecule has 0 aliphatic heterocycles. The first-order valence-corrected chi connectivity index (χ1v) is 8.73. The van der Waals surface area contributed by atoms with Gasteiger partial charge in [0, 0.05) is 17.7 Å². The molecule has 0 radical (unpaired) electrons. The normalized spacial score (nSPS) is 11.2. The molecule has 22 heavy (non-hydrogen) atoms. The molecule has 2 rings (SSSR count). The minimum absolute atomic E-state index is 0.0519. The SMILES string of the molecule is CCOc1ccccc1N(C)S(=O)(=O)c1cc(Br)cnc1N. The Balaban J connectivity index is 2.52. The van der Waals surface area contributed by atoms with Crippen molar-refractivity contribution in [2.45, 2.75) is 11.8 Å². The largest absolute Gasteiger partial charge is 0.492 e. The summed E-state index contributed by atoms with van der Waals surface area (Å²) >= 11 is 3.21. The summed E-state index contributed by atoms with van der Waals surface area (Å²) in [5, 5.41) is 0. The zero-order valence-corrected chi connectivity index (χ0v) is 14.6. The minimum Gasteiger partial charge on any atom is -0.492 e. The number of pyridine rings is 1. The van der Waals surface area contributed by atoms with E-state index < -0.39 is 10.0 Å². The summed E-state index contributed by atoms with van der Waals surface area (Å²) in [5.74, 6) is 0.432. The zero-order valence-electron chi connectivity index (χ0n) is 12.2. The van der Waals surface area contributed by atoms with Crippen LogP contribution in [0.1, 0.15) is 6.92 Å². The molecule has 118 valence electrons. The van der Waals surface area contributed by atoms with Gasteiger partial charge >= 0.3 is 0 Å². The zero-order chi connectivity index (χ0) is 16.3. The first kappa shape index (κ1) is 16.6. The lowest BCUT2D eigenvalue weighted by atomic mass is 10.3. The number of anilines is 2. The first-order valence-electron chi connectivity index (χ1n) is 6.49. The number of sulfonamides is 1. The van der Waals surface area contributed by atoms with E-state index in [0.717, 1.165) is 4.31 Å². The van der Waals surface area contributed by atoms with Crippen molar-refractivity contribution in [3.63, 3.8) is 0 Å². The lowest BCUT2D eigenvalue weighted by Gasteiger charge is -2.22. The lowest BCUT2D eigenvalue weighted by Crippen LogP contribution is -2.28. The lowest BCUT2D eigenvalue weighted by molar-refractivity contribution is 0.341. The molecule has 0 bridgehead atoms. The average Bonchev–Trinajstić information content (AvgIpc) is 2.49. The van der Waals surface area contributed by atoms with E-state index in [0.29, 0.717) is 22.5 Å². The molecule has 1 heterocycles. The summed E-state index contributed by atoms with van der Waals surface area (Å²) in [6, 6.07) is 8.34. The van der Waals surface area contributed by atoms with E-state index >= 15 is 0 Å². The number of halogens is 1. The Kier molecular flexibility index (Phi) is 4.92. The molecule has 2 N–H and O–H groups in total. The Bertz CT molecular complexity index is 781. The van der Waals surface area contributed by atoms with Crippen molar-refractivity contribution in [3.05, 3.63) is 41.0 Å². The van der Waals surface area contributed by atoms with E-state index in [2.05, 4.69) is 20.9 Å². The molecule has 8 heteroatoms. The van der Waals surface area contributed by atoms with Gasteiger partial charge in [-0.2, -0.15) is 0 Å². The molecule has 0 aliphatic rings. The third-order valence-electron chi connectivity index (χ3n) is 2.99. The fraction of sp³-hybridized carbons (Fsp3) is 0.214. The van der Waals surface area contributed by atoms with E-state index in [1.54, 1.807) is 24.3 Å². The molecule has 0 saturated heterocycles. The molecular weight excluding hydrogens is 370 g/mol. The summed E-state index contributed by atoms with van der Waals surface area (Å²) in [4.78, 5) is 3.81.